The Balaban J connectivity index is 2.02. The fraction of sp³-hybridized carbons (Fsp3) is 0.455. The summed E-state index contributed by atoms with van der Waals surface area (Å²) in [6.45, 7) is 6.06. The van der Waals surface area contributed by atoms with Crippen LogP contribution in [0.15, 0.2) is 30.3 Å². The average molecular weight is 402 g/mol. The predicted molar refractivity (Wildman–Crippen MR) is 113 cm³/mol. The lowest BCUT2D eigenvalue weighted by Crippen LogP contribution is -2.25. The maximum atomic E-state index is 11.3. The van der Waals surface area contributed by atoms with E-state index in [1.165, 1.54) is 4.80 Å². The third kappa shape index (κ3) is 4.15. The average Bonchev–Trinajstić information content (AvgIpc) is 3.09. The van der Waals surface area contributed by atoms with E-state index in [0.717, 1.165) is 31.2 Å². The summed E-state index contributed by atoms with van der Waals surface area (Å²) in [7, 11) is 0. The van der Waals surface area contributed by atoms with Crippen molar-refractivity contribution in [2.45, 2.75) is 64.9 Å². The van der Waals surface area contributed by atoms with E-state index in [9.17, 15) is 10.2 Å². The van der Waals surface area contributed by atoms with Crippen LogP contribution in [0.25, 0.3) is 16.7 Å². The second-order valence-electron chi connectivity index (χ2n) is 7.50. The molecule has 0 aliphatic rings. The van der Waals surface area contributed by atoms with Crippen molar-refractivity contribution in [3.8, 4) is 11.4 Å². The zero-order chi connectivity index (χ0) is 20.3. The molecule has 1 atom stereocenters. The van der Waals surface area contributed by atoms with Gasteiger partial charge in [0.2, 0.25) is 0 Å². The number of phenolic OH excluding ortho intramolecular Hbond substituents is 1. The van der Waals surface area contributed by atoms with E-state index in [1.807, 2.05) is 26.0 Å². The molecule has 0 saturated carbocycles. The number of aryl methyl sites for hydroxylation is 1. The topological polar surface area (TPSA) is 71.2 Å². The van der Waals surface area contributed by atoms with Crippen LogP contribution in [0.3, 0.4) is 0 Å². The van der Waals surface area contributed by atoms with Gasteiger partial charge in [-0.25, -0.2) is 0 Å². The standard InChI is InChI=1S/C22H28ClN3O2/c1-4-6-7-8-11-22(28,5-2)17-12-15(3)13-20(21(17)27)26-24-18-10-9-16(23)14-19(18)25-26/h9-10,12-14,27-28H,4-8,11H2,1-3H3. The van der Waals surface area contributed by atoms with Crippen LogP contribution in [0.5, 0.6) is 5.75 Å². The fourth-order valence-electron chi connectivity index (χ4n) is 3.61. The molecule has 3 aromatic rings. The minimum absolute atomic E-state index is 0.0249. The SMILES string of the molecule is CCCCCCC(O)(CC)c1cc(C)cc(-n2nc3ccc(Cl)cc3n2)c1O. The predicted octanol–water partition coefficient (Wildman–Crippen LogP) is 5.66. The molecule has 0 fully saturated rings. The maximum absolute atomic E-state index is 11.3. The number of phenols is 1. The second kappa shape index (κ2) is 8.50. The Morgan fingerprint density at radius 3 is 2.50 bits per heavy atom. The Hall–Kier alpha value is -2.11. The van der Waals surface area contributed by atoms with Gasteiger partial charge in [-0.3, -0.25) is 0 Å². The van der Waals surface area contributed by atoms with Gasteiger partial charge in [0.15, 0.2) is 0 Å². The van der Waals surface area contributed by atoms with Crippen LogP contribution < -0.4 is 0 Å². The third-order valence-electron chi connectivity index (χ3n) is 5.32. The van der Waals surface area contributed by atoms with E-state index in [-0.39, 0.29) is 5.75 Å². The molecule has 6 heteroatoms. The zero-order valence-electron chi connectivity index (χ0n) is 16.7. The van der Waals surface area contributed by atoms with Crippen molar-refractivity contribution in [1.82, 2.24) is 15.0 Å². The van der Waals surface area contributed by atoms with Crippen LogP contribution in [0.1, 0.15) is 63.5 Å². The maximum Gasteiger partial charge on any atom is 0.149 e. The van der Waals surface area contributed by atoms with Gasteiger partial charge >= 0.3 is 0 Å². The fourth-order valence-corrected chi connectivity index (χ4v) is 3.77. The second-order valence-corrected chi connectivity index (χ2v) is 7.93. The van der Waals surface area contributed by atoms with Gasteiger partial charge in [-0.2, -0.15) is 0 Å². The molecular formula is C22H28ClN3O2. The number of benzene rings is 2. The van der Waals surface area contributed by atoms with Gasteiger partial charge in [-0.1, -0.05) is 51.1 Å². The van der Waals surface area contributed by atoms with Gasteiger partial charge in [0.05, 0.1) is 5.60 Å². The first-order valence-electron chi connectivity index (χ1n) is 9.97. The first-order chi connectivity index (χ1) is 13.4. The van der Waals surface area contributed by atoms with E-state index in [1.54, 1.807) is 18.2 Å². The molecule has 3 rings (SSSR count). The molecule has 0 amide bonds. The highest BCUT2D eigenvalue weighted by Gasteiger charge is 2.31. The molecule has 0 aliphatic heterocycles. The van der Waals surface area contributed by atoms with Crippen molar-refractivity contribution < 1.29 is 10.2 Å². The quantitative estimate of drug-likeness (QED) is 0.478. The Labute approximate surface area is 171 Å². The number of unbranched alkanes of at least 4 members (excludes halogenated alkanes) is 3. The molecule has 150 valence electrons. The normalized spacial score (nSPS) is 13.8. The number of rotatable bonds is 8. The molecule has 0 spiro atoms. The Bertz CT molecular complexity index is 970. The van der Waals surface area contributed by atoms with E-state index < -0.39 is 5.60 Å². The van der Waals surface area contributed by atoms with Crippen LogP contribution in [-0.4, -0.2) is 25.2 Å². The molecule has 1 aromatic heterocycles. The van der Waals surface area contributed by atoms with E-state index in [2.05, 4.69) is 17.1 Å². The molecular weight excluding hydrogens is 374 g/mol. The largest absolute Gasteiger partial charge is 0.505 e. The lowest BCUT2D eigenvalue weighted by Gasteiger charge is -2.29. The number of aromatic nitrogens is 3. The van der Waals surface area contributed by atoms with Crippen LogP contribution in [0.2, 0.25) is 5.02 Å². The summed E-state index contributed by atoms with van der Waals surface area (Å²) in [5.41, 5.74) is 2.21. The molecule has 28 heavy (non-hydrogen) atoms. The summed E-state index contributed by atoms with van der Waals surface area (Å²) in [6, 6.07) is 8.99. The summed E-state index contributed by atoms with van der Waals surface area (Å²) in [4.78, 5) is 1.42. The Morgan fingerprint density at radius 2 is 1.79 bits per heavy atom. The number of aromatic hydroxyl groups is 1. The van der Waals surface area contributed by atoms with Crippen LogP contribution in [-0.2, 0) is 5.60 Å². The van der Waals surface area contributed by atoms with Crippen LogP contribution in [0, 0.1) is 6.92 Å². The monoisotopic (exact) mass is 401 g/mol. The van der Waals surface area contributed by atoms with Crippen LogP contribution in [0.4, 0.5) is 0 Å². The smallest absolute Gasteiger partial charge is 0.149 e. The lowest BCUT2D eigenvalue weighted by atomic mass is 9.84. The Kier molecular flexibility index (Phi) is 6.26. The molecule has 1 heterocycles. The van der Waals surface area contributed by atoms with E-state index >= 15 is 0 Å². The third-order valence-corrected chi connectivity index (χ3v) is 5.56. The number of fused-ring (bicyclic) bond motifs is 1. The first-order valence-corrected chi connectivity index (χ1v) is 10.3. The van der Waals surface area contributed by atoms with Gasteiger partial charge in [-0.05, 0) is 55.7 Å². The van der Waals surface area contributed by atoms with Crippen LogP contribution >= 0.6 is 11.6 Å². The highest BCUT2D eigenvalue weighted by molar-refractivity contribution is 6.31. The molecule has 0 aliphatic carbocycles. The van der Waals surface area contributed by atoms with Gasteiger partial charge < -0.3 is 10.2 Å². The van der Waals surface area contributed by atoms with Gasteiger partial charge in [-0.15, -0.1) is 15.0 Å². The van der Waals surface area contributed by atoms with Crippen molar-refractivity contribution in [3.63, 3.8) is 0 Å². The lowest BCUT2D eigenvalue weighted by molar-refractivity contribution is 0.0185. The Morgan fingerprint density at radius 1 is 1.04 bits per heavy atom. The van der Waals surface area contributed by atoms with Crippen molar-refractivity contribution in [3.05, 3.63) is 46.5 Å². The molecule has 5 nitrogen and oxygen atoms in total. The molecule has 2 aromatic carbocycles. The molecule has 0 radical (unpaired) electrons. The first kappa shape index (κ1) is 20.6. The van der Waals surface area contributed by atoms with E-state index in [4.69, 9.17) is 11.6 Å². The van der Waals surface area contributed by atoms with E-state index in [0.29, 0.717) is 40.1 Å². The number of hydrogen-bond donors (Lipinski definition) is 2. The minimum atomic E-state index is -1.07. The highest BCUT2D eigenvalue weighted by atomic mass is 35.5. The molecule has 2 N–H and O–H groups in total. The number of aliphatic hydroxyl groups is 1. The summed E-state index contributed by atoms with van der Waals surface area (Å²) in [6.07, 6.45) is 5.43. The van der Waals surface area contributed by atoms with Crippen molar-refractivity contribution in [2.24, 2.45) is 0 Å². The summed E-state index contributed by atoms with van der Waals surface area (Å²) < 4.78 is 0. The zero-order valence-corrected chi connectivity index (χ0v) is 17.5. The molecule has 1 unspecified atom stereocenters. The van der Waals surface area contributed by atoms with Gasteiger partial charge in [0, 0.05) is 10.6 Å². The summed E-state index contributed by atoms with van der Waals surface area (Å²) in [5.74, 6) is 0.0249. The number of hydrogen-bond acceptors (Lipinski definition) is 4. The van der Waals surface area contributed by atoms with Crippen molar-refractivity contribution in [1.29, 1.82) is 0 Å². The van der Waals surface area contributed by atoms with Crippen molar-refractivity contribution >= 4 is 22.6 Å². The molecule has 0 bridgehead atoms. The number of nitrogens with zero attached hydrogens (tertiary/aromatic N) is 3. The van der Waals surface area contributed by atoms with Crippen molar-refractivity contribution in [2.75, 3.05) is 0 Å². The minimum Gasteiger partial charge on any atom is -0.505 e. The number of halogens is 1. The summed E-state index contributed by atoms with van der Waals surface area (Å²) in [5, 5.41) is 31.9. The van der Waals surface area contributed by atoms with Gasteiger partial charge in [0.25, 0.3) is 0 Å². The summed E-state index contributed by atoms with van der Waals surface area (Å²) >= 11 is 6.05. The van der Waals surface area contributed by atoms with Gasteiger partial charge in [0.1, 0.15) is 22.5 Å². The molecule has 0 saturated heterocycles. The highest BCUT2D eigenvalue weighted by Crippen LogP contribution is 2.40.